The number of ketones is 1. The maximum Gasteiger partial charge on any atom is 0.164 e. The van der Waals surface area contributed by atoms with Crippen LogP contribution in [0.15, 0.2) is 23.4 Å². The molecule has 0 spiro atoms. The van der Waals surface area contributed by atoms with Gasteiger partial charge < -0.3 is 9.47 Å². The van der Waals surface area contributed by atoms with Gasteiger partial charge in [0.25, 0.3) is 0 Å². The lowest BCUT2D eigenvalue weighted by molar-refractivity contribution is -0.338. The second-order valence-electron chi connectivity index (χ2n) is 8.60. The third-order valence-electron chi connectivity index (χ3n) is 5.12. The molecule has 1 heterocycles. The van der Waals surface area contributed by atoms with Crippen molar-refractivity contribution in [3.05, 3.63) is 23.4 Å². The molecule has 0 unspecified atom stereocenters. The molecular formula is C18H28O3Si. The number of Topliss-reactive ketones (excluding diaryl/α,β-unsaturated/α-hetero) is 1. The molecule has 0 aromatic carbocycles. The molecule has 0 amide bonds. The average molecular weight is 321 g/mol. The molecule has 1 saturated carbocycles. The van der Waals surface area contributed by atoms with Crippen molar-refractivity contribution in [2.75, 3.05) is 0 Å². The predicted molar refractivity (Wildman–Crippen MR) is 90.3 cm³/mol. The molecule has 122 valence electrons. The summed E-state index contributed by atoms with van der Waals surface area (Å²) in [7, 11) is -1.65. The molecule has 22 heavy (non-hydrogen) atoms. The highest BCUT2D eigenvalue weighted by Crippen LogP contribution is 2.54. The quantitative estimate of drug-likeness (QED) is 0.582. The predicted octanol–water partition coefficient (Wildman–Crippen LogP) is 4.01. The van der Waals surface area contributed by atoms with Crippen LogP contribution in [0, 0.1) is 5.92 Å². The van der Waals surface area contributed by atoms with Gasteiger partial charge in [-0.05, 0) is 43.4 Å². The summed E-state index contributed by atoms with van der Waals surface area (Å²) in [6.45, 7) is 14.7. The minimum atomic E-state index is -1.65. The molecule has 0 aromatic rings. The number of hydrogen-bond acceptors (Lipinski definition) is 3. The Morgan fingerprint density at radius 1 is 1.32 bits per heavy atom. The van der Waals surface area contributed by atoms with Crippen LogP contribution in [0.5, 0.6) is 0 Å². The molecule has 0 aromatic heterocycles. The summed E-state index contributed by atoms with van der Waals surface area (Å²) in [4.78, 5) is 12.7. The zero-order valence-electron chi connectivity index (χ0n) is 14.5. The first-order valence-corrected chi connectivity index (χ1v) is 11.8. The lowest BCUT2D eigenvalue weighted by Gasteiger charge is -2.54. The van der Waals surface area contributed by atoms with Crippen molar-refractivity contribution in [2.24, 2.45) is 5.92 Å². The monoisotopic (exact) mass is 320 g/mol. The molecule has 1 aliphatic heterocycles. The van der Waals surface area contributed by atoms with Gasteiger partial charge in [-0.2, -0.15) is 0 Å². The first kappa shape index (κ1) is 16.2. The van der Waals surface area contributed by atoms with E-state index in [0.29, 0.717) is 18.1 Å². The van der Waals surface area contributed by atoms with Gasteiger partial charge in [-0.25, -0.2) is 0 Å². The Labute approximate surface area is 134 Å². The number of carbonyl (C=O) groups is 1. The van der Waals surface area contributed by atoms with Gasteiger partial charge in [0.1, 0.15) is 0 Å². The van der Waals surface area contributed by atoms with Crippen LogP contribution < -0.4 is 0 Å². The number of hydrogen-bond donors (Lipinski definition) is 0. The van der Waals surface area contributed by atoms with Crippen LogP contribution in [0.3, 0.4) is 0 Å². The van der Waals surface area contributed by atoms with E-state index in [4.69, 9.17) is 9.47 Å². The lowest BCUT2D eigenvalue weighted by Crippen LogP contribution is -2.57. The van der Waals surface area contributed by atoms with E-state index in [-0.39, 0.29) is 11.7 Å². The number of ether oxygens (including phenoxy) is 2. The van der Waals surface area contributed by atoms with Gasteiger partial charge in [-0.15, -0.1) is 6.58 Å². The standard InChI is InChI=1S/C18H28O3Si/c1-7-8-18-10-12-9-13(19)16(22(4,5)6)15(12)14(11-18)20-17(2,3)21-18/h7,12,14H,1,8-11H2,2-6H3/t12-,14-,18-/m0/s1. The summed E-state index contributed by atoms with van der Waals surface area (Å²) in [6.07, 6.45) is 5.25. The molecule has 2 fully saturated rings. The molecule has 3 aliphatic rings. The zero-order chi connectivity index (χ0) is 16.3. The lowest BCUT2D eigenvalue weighted by atomic mass is 9.71. The first-order chi connectivity index (χ1) is 10.1. The Bertz CT molecular complexity index is 555. The molecule has 0 N–H and O–H groups in total. The van der Waals surface area contributed by atoms with E-state index in [2.05, 4.69) is 26.2 Å². The minimum Gasteiger partial charge on any atom is -0.344 e. The smallest absolute Gasteiger partial charge is 0.164 e. The summed E-state index contributed by atoms with van der Waals surface area (Å²) < 4.78 is 12.6. The van der Waals surface area contributed by atoms with E-state index >= 15 is 0 Å². The molecule has 2 aliphatic carbocycles. The fourth-order valence-electron chi connectivity index (χ4n) is 4.79. The molecular weight excluding hydrogens is 292 g/mol. The van der Waals surface area contributed by atoms with Gasteiger partial charge >= 0.3 is 0 Å². The molecule has 3 atom stereocenters. The third-order valence-corrected chi connectivity index (χ3v) is 7.18. The molecule has 3 rings (SSSR count). The van der Waals surface area contributed by atoms with Crippen LogP contribution >= 0.6 is 0 Å². The average Bonchev–Trinajstić information content (AvgIpc) is 2.62. The van der Waals surface area contributed by atoms with Gasteiger partial charge in [-0.1, -0.05) is 25.7 Å². The van der Waals surface area contributed by atoms with Gasteiger partial charge in [0.05, 0.1) is 19.8 Å². The normalized spacial score (nSPS) is 37.2. The van der Waals surface area contributed by atoms with Crippen LogP contribution in [0.25, 0.3) is 0 Å². The number of carbonyl (C=O) groups excluding carboxylic acids is 1. The Morgan fingerprint density at radius 2 is 2.00 bits per heavy atom. The zero-order valence-corrected chi connectivity index (χ0v) is 15.5. The van der Waals surface area contributed by atoms with Crippen molar-refractivity contribution in [3.63, 3.8) is 0 Å². The van der Waals surface area contributed by atoms with Crippen LogP contribution in [0.2, 0.25) is 19.6 Å². The Hall–Kier alpha value is -0.713. The second kappa shape index (κ2) is 4.89. The Morgan fingerprint density at radius 3 is 2.59 bits per heavy atom. The number of allylic oxidation sites excluding steroid dienone is 1. The first-order valence-electron chi connectivity index (χ1n) is 8.34. The van der Waals surface area contributed by atoms with E-state index in [1.807, 2.05) is 19.9 Å². The highest BCUT2D eigenvalue weighted by atomic mass is 28.3. The van der Waals surface area contributed by atoms with E-state index in [0.717, 1.165) is 24.5 Å². The van der Waals surface area contributed by atoms with Gasteiger partial charge in [0.2, 0.25) is 0 Å². The summed E-state index contributed by atoms with van der Waals surface area (Å²) in [5.41, 5.74) is 1.11. The fraction of sp³-hybridized carbons (Fsp3) is 0.722. The molecule has 1 saturated heterocycles. The van der Waals surface area contributed by atoms with Gasteiger partial charge in [0, 0.05) is 12.8 Å². The summed E-state index contributed by atoms with van der Waals surface area (Å²) in [5.74, 6) is 0.0750. The highest BCUT2D eigenvalue weighted by Gasteiger charge is 2.56. The van der Waals surface area contributed by atoms with E-state index in [9.17, 15) is 4.79 Å². The van der Waals surface area contributed by atoms with Crippen LogP contribution in [0.4, 0.5) is 0 Å². The van der Waals surface area contributed by atoms with Crippen LogP contribution in [0.1, 0.15) is 39.5 Å². The SMILES string of the molecule is C=CC[C@]12C[C@@H]3CC(=O)C([Si](C)(C)C)=C3[C@H](C1)OC(C)(C)O2. The number of rotatable bonds is 3. The van der Waals surface area contributed by atoms with Crippen molar-refractivity contribution >= 4 is 13.9 Å². The maximum atomic E-state index is 12.7. The van der Waals surface area contributed by atoms with E-state index < -0.39 is 13.9 Å². The van der Waals surface area contributed by atoms with Crippen molar-refractivity contribution in [3.8, 4) is 0 Å². The summed E-state index contributed by atoms with van der Waals surface area (Å²) >= 11 is 0. The largest absolute Gasteiger partial charge is 0.344 e. The second-order valence-corrected chi connectivity index (χ2v) is 13.6. The highest BCUT2D eigenvalue weighted by molar-refractivity contribution is 6.87. The van der Waals surface area contributed by atoms with Gasteiger partial charge in [-0.3, -0.25) is 4.79 Å². The van der Waals surface area contributed by atoms with Crippen molar-refractivity contribution in [2.45, 2.75) is 76.7 Å². The van der Waals surface area contributed by atoms with Crippen molar-refractivity contribution in [1.82, 2.24) is 0 Å². The Balaban J connectivity index is 2.08. The Kier molecular flexibility index (Phi) is 3.59. The maximum absolute atomic E-state index is 12.7. The van der Waals surface area contributed by atoms with Gasteiger partial charge in [0.15, 0.2) is 11.6 Å². The van der Waals surface area contributed by atoms with E-state index in [1.165, 1.54) is 5.57 Å². The van der Waals surface area contributed by atoms with Crippen molar-refractivity contribution in [1.29, 1.82) is 0 Å². The molecule has 3 nitrogen and oxygen atoms in total. The minimum absolute atomic E-state index is 0.0376. The van der Waals surface area contributed by atoms with E-state index in [1.54, 1.807) is 0 Å². The summed E-state index contributed by atoms with van der Waals surface area (Å²) in [5, 5.41) is 1.15. The van der Waals surface area contributed by atoms with Crippen LogP contribution in [-0.2, 0) is 14.3 Å². The molecule has 0 radical (unpaired) electrons. The topological polar surface area (TPSA) is 35.5 Å². The molecule has 2 bridgehead atoms. The molecule has 4 heteroatoms. The number of fused-ring (bicyclic) bond motifs is 4. The third kappa shape index (κ3) is 2.55. The fourth-order valence-corrected chi connectivity index (χ4v) is 6.96. The van der Waals surface area contributed by atoms with Crippen molar-refractivity contribution < 1.29 is 14.3 Å². The summed E-state index contributed by atoms with van der Waals surface area (Å²) in [6, 6.07) is 0. The van der Waals surface area contributed by atoms with Crippen LogP contribution in [-0.4, -0.2) is 31.3 Å².